The first-order chi connectivity index (χ1) is 19.8. The number of benzene rings is 1. The molecule has 1 rings (SSSR count). The maximum Gasteiger partial charge on any atom is 0.274 e. The van der Waals surface area contributed by atoms with Gasteiger partial charge in [0.15, 0.2) is 12.4 Å². The van der Waals surface area contributed by atoms with Crippen LogP contribution >= 0.6 is 0 Å². The van der Waals surface area contributed by atoms with E-state index in [4.69, 9.17) is 4.84 Å². The Morgan fingerprint density at radius 1 is 0.857 bits per heavy atom. The minimum Gasteiger partial charge on any atom is -0.354 e. The van der Waals surface area contributed by atoms with E-state index in [0.717, 1.165) is 18.7 Å². The van der Waals surface area contributed by atoms with Crippen molar-refractivity contribution in [2.75, 3.05) is 27.2 Å². The predicted molar refractivity (Wildman–Crippen MR) is 173 cm³/mol. The molecule has 1 aromatic carbocycles. The highest BCUT2D eigenvalue weighted by molar-refractivity contribution is 5.94. The largest absolute Gasteiger partial charge is 0.354 e. The molecule has 0 spiro atoms. The number of nitrogens with one attached hydrogen (secondary N) is 4. The van der Waals surface area contributed by atoms with Crippen LogP contribution in [-0.2, 0) is 19.3 Å². The minimum atomic E-state index is -0.748. The van der Waals surface area contributed by atoms with E-state index in [0.29, 0.717) is 36.3 Å². The Hall–Kier alpha value is -2.66. The lowest BCUT2D eigenvalue weighted by Gasteiger charge is -2.19. The van der Waals surface area contributed by atoms with Crippen molar-refractivity contribution < 1.29 is 28.9 Å². The van der Waals surface area contributed by atoms with Gasteiger partial charge in [-0.05, 0) is 63.2 Å². The Kier molecular flexibility index (Phi) is 36.2. The van der Waals surface area contributed by atoms with Crippen LogP contribution in [0.25, 0.3) is 0 Å². The third-order valence-electron chi connectivity index (χ3n) is 4.26. The highest BCUT2D eigenvalue weighted by atomic mass is 16.7. The molecular formula is C32H62N4O6. The minimum absolute atomic E-state index is 0.239. The van der Waals surface area contributed by atoms with E-state index in [-0.39, 0.29) is 17.9 Å². The third kappa shape index (κ3) is 33.5. The van der Waals surface area contributed by atoms with Crippen molar-refractivity contribution in [2.24, 2.45) is 17.8 Å². The van der Waals surface area contributed by atoms with Gasteiger partial charge >= 0.3 is 0 Å². The summed E-state index contributed by atoms with van der Waals surface area (Å²) in [6, 6.07) is 6.14. The van der Waals surface area contributed by atoms with Gasteiger partial charge < -0.3 is 15.4 Å². The Morgan fingerprint density at radius 3 is 1.69 bits per heavy atom. The fraction of sp³-hybridized carbons (Fsp3) is 0.688. The van der Waals surface area contributed by atoms with Gasteiger partial charge in [0.05, 0.1) is 0 Å². The van der Waals surface area contributed by atoms with Crippen molar-refractivity contribution in [3.63, 3.8) is 0 Å². The number of carbonyl (C=O) groups is 4. The molecule has 4 N–H and O–H groups in total. The molecule has 42 heavy (non-hydrogen) atoms. The average molecular weight is 599 g/mol. The van der Waals surface area contributed by atoms with Gasteiger partial charge in [-0.3, -0.25) is 24.1 Å². The number of rotatable bonds is 14. The molecule has 0 aliphatic rings. The topological polar surface area (TPSA) is 135 Å². The molecule has 0 saturated carbocycles. The molecule has 0 fully saturated rings. The van der Waals surface area contributed by atoms with E-state index < -0.39 is 12.0 Å². The lowest BCUT2D eigenvalue weighted by atomic mass is 10.1. The second-order valence-corrected chi connectivity index (χ2v) is 10.5. The van der Waals surface area contributed by atoms with Crippen LogP contribution in [-0.4, -0.2) is 63.8 Å². The zero-order valence-electron chi connectivity index (χ0n) is 28.6. The van der Waals surface area contributed by atoms with Crippen molar-refractivity contribution in [2.45, 2.75) is 101 Å². The fourth-order valence-corrected chi connectivity index (χ4v) is 2.42. The molecule has 0 aliphatic heterocycles. The summed E-state index contributed by atoms with van der Waals surface area (Å²) in [6.45, 7) is 24.0. The molecule has 246 valence electrons. The monoisotopic (exact) mass is 598 g/mol. The van der Waals surface area contributed by atoms with E-state index in [2.05, 4.69) is 54.1 Å². The molecule has 2 atom stereocenters. The molecule has 0 bridgehead atoms. The molecule has 2 unspecified atom stereocenters. The van der Waals surface area contributed by atoms with Crippen LogP contribution in [0.4, 0.5) is 0 Å². The molecule has 0 saturated heterocycles. The number of carbonyl (C=O) groups excluding carboxylic acids is 4. The van der Waals surface area contributed by atoms with Crippen LogP contribution in [0.15, 0.2) is 24.3 Å². The maximum atomic E-state index is 12.2. The van der Waals surface area contributed by atoms with Crippen LogP contribution in [0.3, 0.4) is 0 Å². The van der Waals surface area contributed by atoms with E-state index >= 15 is 0 Å². The molecule has 2 amide bonds. The van der Waals surface area contributed by atoms with Crippen LogP contribution in [0, 0.1) is 17.8 Å². The van der Waals surface area contributed by atoms with Crippen LogP contribution in [0.1, 0.15) is 110 Å². The summed E-state index contributed by atoms with van der Waals surface area (Å²) < 4.78 is 0. The van der Waals surface area contributed by atoms with Crippen molar-refractivity contribution >= 4 is 24.4 Å². The van der Waals surface area contributed by atoms with Crippen molar-refractivity contribution in [1.82, 2.24) is 21.6 Å². The van der Waals surface area contributed by atoms with E-state index in [1.165, 1.54) is 18.6 Å². The Morgan fingerprint density at radius 2 is 1.38 bits per heavy atom. The Balaban J connectivity index is -0.000000326. The van der Waals surface area contributed by atoms with Crippen LogP contribution in [0.2, 0.25) is 0 Å². The fourth-order valence-electron chi connectivity index (χ4n) is 2.42. The summed E-state index contributed by atoms with van der Waals surface area (Å²) in [6.07, 6.45) is 2.06. The van der Waals surface area contributed by atoms with Gasteiger partial charge in [-0.1, -0.05) is 81.4 Å². The van der Waals surface area contributed by atoms with Gasteiger partial charge in [-0.15, -0.1) is 0 Å². The van der Waals surface area contributed by atoms with Crippen molar-refractivity contribution in [1.29, 1.82) is 0 Å². The summed E-state index contributed by atoms with van der Waals surface area (Å²) in [5, 5.41) is 5.83. The Labute approximate surface area is 256 Å². The standard InChI is InChI=1S/C18H26N2O4.C4H9NO2.C4H11N.C4H10.C2H6/c1-12(2)9-16(18(23)19-10-13(3)4)24-20-17(22)15-7-5-14(11-21)6-8-15;1-4(3-6)7-5-2;1-3-4-5-2;1-4(2)3;1-2/h5-8,11-13,16H,9-10H2,1-4H3,(H,19,23)(H,20,22);3-5H,1-2H3;5H,3-4H2,1-2H3;4H,1-3H3;1-2H3. The van der Waals surface area contributed by atoms with Gasteiger partial charge in [-0.2, -0.15) is 0 Å². The molecule has 10 nitrogen and oxygen atoms in total. The van der Waals surface area contributed by atoms with E-state index in [9.17, 15) is 19.2 Å². The quantitative estimate of drug-likeness (QED) is 0.166. The molecule has 0 heterocycles. The normalized spacial score (nSPS) is 11.1. The highest BCUT2D eigenvalue weighted by Gasteiger charge is 2.22. The molecule has 0 aromatic heterocycles. The van der Waals surface area contributed by atoms with Crippen molar-refractivity contribution in [3.8, 4) is 0 Å². The zero-order chi connectivity index (χ0) is 33.5. The maximum absolute atomic E-state index is 12.2. The second-order valence-electron chi connectivity index (χ2n) is 10.5. The number of hydrogen-bond donors (Lipinski definition) is 4. The van der Waals surface area contributed by atoms with Crippen molar-refractivity contribution in [3.05, 3.63) is 35.4 Å². The van der Waals surface area contributed by atoms with Gasteiger partial charge in [0.1, 0.15) is 12.4 Å². The number of hydroxylamine groups is 2. The first kappa shape index (κ1) is 46.3. The number of aldehydes is 2. The van der Waals surface area contributed by atoms with Crippen LogP contribution in [0.5, 0.6) is 0 Å². The second kappa shape index (κ2) is 32.8. The number of hydrogen-bond acceptors (Lipinski definition) is 8. The zero-order valence-corrected chi connectivity index (χ0v) is 28.6. The Bertz CT molecular complexity index is 766. The number of amides is 2. The predicted octanol–water partition coefficient (Wildman–Crippen LogP) is 5.38. The summed E-state index contributed by atoms with van der Waals surface area (Å²) in [5.41, 5.74) is 5.55. The smallest absolute Gasteiger partial charge is 0.274 e. The highest BCUT2D eigenvalue weighted by Crippen LogP contribution is 2.09. The van der Waals surface area contributed by atoms with Gasteiger partial charge in [0.2, 0.25) is 0 Å². The van der Waals surface area contributed by atoms with E-state index in [1.54, 1.807) is 26.1 Å². The van der Waals surface area contributed by atoms with Gasteiger partial charge in [-0.25, -0.2) is 11.0 Å². The molecule has 10 heteroatoms. The lowest BCUT2D eigenvalue weighted by molar-refractivity contribution is -0.137. The first-order valence-corrected chi connectivity index (χ1v) is 15.0. The molecular weight excluding hydrogens is 536 g/mol. The molecule has 0 aliphatic carbocycles. The summed E-state index contributed by atoms with van der Waals surface area (Å²) >= 11 is 0. The lowest BCUT2D eigenvalue weighted by Crippen LogP contribution is -2.42. The SMILES string of the molecule is CC.CC(C)C.CC(C)CNC(=O)C(CC(C)C)ONC(=O)c1ccc(C=O)cc1.CCCNC.CNOC(C)C=O. The molecule has 1 aromatic rings. The molecule has 0 radical (unpaired) electrons. The summed E-state index contributed by atoms with van der Waals surface area (Å²) in [4.78, 5) is 54.5. The average Bonchev–Trinajstić information content (AvgIpc) is 2.95. The third-order valence-corrected chi connectivity index (χ3v) is 4.26. The van der Waals surface area contributed by atoms with Crippen LogP contribution < -0.4 is 21.6 Å². The van der Waals surface area contributed by atoms with Gasteiger partial charge in [0, 0.05) is 24.7 Å². The summed E-state index contributed by atoms with van der Waals surface area (Å²) in [7, 11) is 3.57. The first-order valence-electron chi connectivity index (χ1n) is 15.0. The van der Waals surface area contributed by atoms with Gasteiger partial charge in [0.25, 0.3) is 11.8 Å². The van der Waals surface area contributed by atoms with E-state index in [1.807, 2.05) is 48.6 Å². The summed E-state index contributed by atoms with van der Waals surface area (Å²) in [5.74, 6) is 0.704.